The highest BCUT2D eigenvalue weighted by Gasteiger charge is 2.28. The van der Waals surface area contributed by atoms with Crippen molar-refractivity contribution in [2.24, 2.45) is 0 Å². The summed E-state index contributed by atoms with van der Waals surface area (Å²) in [5, 5.41) is 11.8. The van der Waals surface area contributed by atoms with E-state index in [2.05, 4.69) is 10.0 Å². The Kier molecular flexibility index (Phi) is 7.03. The SMILES string of the molecule is O=C(NO)c1ccccc1NC(=O)C(NS(=O)(=O)c1ccc(Cl)cc1)c1ccccc1. The molecule has 3 aromatic carbocycles. The van der Waals surface area contributed by atoms with Gasteiger partial charge in [0, 0.05) is 5.02 Å². The van der Waals surface area contributed by atoms with Gasteiger partial charge in [0.1, 0.15) is 6.04 Å². The number of para-hydroxylation sites is 1. The molecule has 3 rings (SSSR count). The van der Waals surface area contributed by atoms with Gasteiger partial charge < -0.3 is 5.32 Å². The summed E-state index contributed by atoms with van der Waals surface area (Å²) in [6, 6.07) is 18.5. The maximum absolute atomic E-state index is 13.1. The van der Waals surface area contributed by atoms with Crippen molar-refractivity contribution in [3.8, 4) is 0 Å². The Hall–Kier alpha value is -3.24. The Balaban J connectivity index is 1.94. The third-order valence-corrected chi connectivity index (χ3v) is 6.01. The lowest BCUT2D eigenvalue weighted by molar-refractivity contribution is -0.117. The molecule has 31 heavy (non-hydrogen) atoms. The van der Waals surface area contributed by atoms with Crippen LogP contribution in [0.15, 0.2) is 83.8 Å². The van der Waals surface area contributed by atoms with Crippen LogP contribution in [0.2, 0.25) is 5.02 Å². The van der Waals surface area contributed by atoms with Gasteiger partial charge in [-0.2, -0.15) is 4.72 Å². The number of rotatable bonds is 7. The minimum absolute atomic E-state index is 0.00530. The second-order valence-corrected chi connectivity index (χ2v) is 8.55. The number of hydroxylamine groups is 1. The molecular weight excluding hydrogens is 442 g/mol. The van der Waals surface area contributed by atoms with E-state index in [4.69, 9.17) is 16.8 Å². The molecule has 8 nitrogen and oxygen atoms in total. The van der Waals surface area contributed by atoms with Crippen LogP contribution in [0.5, 0.6) is 0 Å². The van der Waals surface area contributed by atoms with Gasteiger partial charge in [-0.1, -0.05) is 54.1 Å². The van der Waals surface area contributed by atoms with Crippen LogP contribution in [0.4, 0.5) is 5.69 Å². The lowest BCUT2D eigenvalue weighted by atomic mass is 10.1. The number of anilines is 1. The smallest absolute Gasteiger partial charge is 0.276 e. The van der Waals surface area contributed by atoms with E-state index in [1.807, 2.05) is 0 Å². The largest absolute Gasteiger partial charge is 0.324 e. The molecule has 0 spiro atoms. The van der Waals surface area contributed by atoms with Gasteiger partial charge in [-0.15, -0.1) is 0 Å². The standard InChI is InChI=1S/C21H18ClN3O5S/c22-15-10-12-16(13-11-15)31(29,30)25-19(14-6-2-1-3-7-14)21(27)23-18-9-5-4-8-17(18)20(26)24-28/h1-13,19,25,28H,(H,23,27)(H,24,26). The van der Waals surface area contributed by atoms with Gasteiger partial charge in [0.25, 0.3) is 5.91 Å². The van der Waals surface area contributed by atoms with Crippen LogP contribution < -0.4 is 15.5 Å². The maximum Gasteiger partial charge on any atom is 0.276 e. The van der Waals surface area contributed by atoms with E-state index in [0.717, 1.165) is 0 Å². The maximum atomic E-state index is 13.1. The zero-order chi connectivity index (χ0) is 22.4. The lowest BCUT2D eigenvalue weighted by Crippen LogP contribution is -2.37. The average Bonchev–Trinajstić information content (AvgIpc) is 2.78. The van der Waals surface area contributed by atoms with Crippen LogP contribution in [0.25, 0.3) is 0 Å². The second-order valence-electron chi connectivity index (χ2n) is 6.39. The van der Waals surface area contributed by atoms with Crippen LogP contribution in [0, 0.1) is 0 Å². The Morgan fingerprint density at radius 2 is 1.48 bits per heavy atom. The molecule has 0 aliphatic heterocycles. The summed E-state index contributed by atoms with van der Waals surface area (Å²) < 4.78 is 28.1. The molecule has 0 bridgehead atoms. The van der Waals surface area contributed by atoms with Crippen molar-refractivity contribution in [2.45, 2.75) is 10.9 Å². The summed E-state index contributed by atoms with van der Waals surface area (Å²) in [5.74, 6) is -1.55. The van der Waals surface area contributed by atoms with Crippen molar-refractivity contribution in [1.82, 2.24) is 10.2 Å². The first-order valence-corrected chi connectivity index (χ1v) is 10.8. The van der Waals surface area contributed by atoms with E-state index in [9.17, 15) is 18.0 Å². The van der Waals surface area contributed by atoms with Gasteiger partial charge in [0.05, 0.1) is 16.1 Å². The van der Waals surface area contributed by atoms with E-state index >= 15 is 0 Å². The van der Waals surface area contributed by atoms with Crippen LogP contribution in [-0.4, -0.2) is 25.4 Å². The zero-order valence-electron chi connectivity index (χ0n) is 15.9. The first-order chi connectivity index (χ1) is 14.8. The average molecular weight is 460 g/mol. The van der Waals surface area contributed by atoms with Crippen molar-refractivity contribution in [3.63, 3.8) is 0 Å². The quantitative estimate of drug-likeness (QED) is 0.319. The fourth-order valence-electron chi connectivity index (χ4n) is 2.81. The van der Waals surface area contributed by atoms with Gasteiger partial charge in [-0.05, 0) is 42.0 Å². The number of sulfonamides is 1. The molecule has 0 radical (unpaired) electrons. The van der Waals surface area contributed by atoms with Crippen LogP contribution in [0.3, 0.4) is 0 Å². The molecule has 0 aromatic heterocycles. The molecule has 0 saturated heterocycles. The molecule has 10 heteroatoms. The van der Waals surface area contributed by atoms with E-state index in [1.54, 1.807) is 42.5 Å². The molecule has 0 saturated carbocycles. The summed E-state index contributed by atoms with van der Waals surface area (Å²) in [4.78, 5) is 24.9. The van der Waals surface area contributed by atoms with Crippen molar-refractivity contribution in [2.75, 3.05) is 5.32 Å². The molecule has 3 aromatic rings. The molecule has 2 amide bonds. The van der Waals surface area contributed by atoms with Crippen LogP contribution >= 0.6 is 11.6 Å². The number of hydrogen-bond acceptors (Lipinski definition) is 5. The Morgan fingerprint density at radius 3 is 2.13 bits per heavy atom. The van der Waals surface area contributed by atoms with Crippen molar-refractivity contribution < 1.29 is 23.2 Å². The summed E-state index contributed by atoms with van der Waals surface area (Å²) >= 11 is 5.83. The monoisotopic (exact) mass is 459 g/mol. The molecule has 1 atom stereocenters. The fourth-order valence-corrected chi connectivity index (χ4v) is 4.12. The molecule has 0 fully saturated rings. The molecule has 0 heterocycles. The van der Waals surface area contributed by atoms with Crippen LogP contribution in [-0.2, 0) is 14.8 Å². The number of halogens is 1. The summed E-state index contributed by atoms with van der Waals surface area (Å²) in [5.41, 5.74) is 2.01. The molecule has 160 valence electrons. The van der Waals surface area contributed by atoms with Gasteiger partial charge >= 0.3 is 0 Å². The minimum Gasteiger partial charge on any atom is -0.324 e. The number of amides is 2. The Bertz CT molecular complexity index is 1190. The topological polar surface area (TPSA) is 125 Å². The van der Waals surface area contributed by atoms with E-state index in [-0.39, 0.29) is 16.1 Å². The van der Waals surface area contributed by atoms with Crippen molar-refractivity contribution in [1.29, 1.82) is 0 Å². The summed E-state index contributed by atoms with van der Waals surface area (Å²) in [6.07, 6.45) is 0. The number of carbonyl (C=O) groups is 2. The molecule has 1 unspecified atom stereocenters. The predicted molar refractivity (Wildman–Crippen MR) is 115 cm³/mol. The predicted octanol–water partition coefficient (Wildman–Crippen LogP) is 3.12. The highest BCUT2D eigenvalue weighted by molar-refractivity contribution is 7.89. The molecule has 0 aliphatic rings. The van der Waals surface area contributed by atoms with Crippen molar-refractivity contribution >= 4 is 39.1 Å². The number of hydrogen-bond donors (Lipinski definition) is 4. The number of nitrogens with one attached hydrogen (secondary N) is 3. The highest BCUT2D eigenvalue weighted by atomic mass is 35.5. The fraction of sp³-hybridized carbons (Fsp3) is 0.0476. The van der Waals surface area contributed by atoms with Gasteiger partial charge in [0.2, 0.25) is 15.9 Å². The van der Waals surface area contributed by atoms with Gasteiger partial charge in [-0.3, -0.25) is 14.8 Å². The molecular formula is C21H18ClN3O5S. The van der Waals surface area contributed by atoms with E-state index < -0.39 is 27.9 Å². The molecule has 0 aliphatic carbocycles. The van der Waals surface area contributed by atoms with E-state index in [0.29, 0.717) is 10.6 Å². The Labute approximate surface area is 183 Å². The lowest BCUT2D eigenvalue weighted by Gasteiger charge is -2.20. The third kappa shape index (κ3) is 5.47. The zero-order valence-corrected chi connectivity index (χ0v) is 17.5. The third-order valence-electron chi connectivity index (χ3n) is 4.32. The Morgan fingerprint density at radius 1 is 0.871 bits per heavy atom. The summed E-state index contributed by atoms with van der Waals surface area (Å²) in [7, 11) is -4.08. The molecule has 4 N–H and O–H groups in total. The van der Waals surface area contributed by atoms with Gasteiger partial charge in [0.15, 0.2) is 0 Å². The highest BCUT2D eigenvalue weighted by Crippen LogP contribution is 2.22. The second kappa shape index (κ2) is 9.71. The first kappa shape index (κ1) is 22.4. The number of benzene rings is 3. The van der Waals surface area contributed by atoms with Crippen molar-refractivity contribution in [3.05, 3.63) is 95.0 Å². The number of carbonyl (C=O) groups excluding carboxylic acids is 2. The van der Waals surface area contributed by atoms with Crippen LogP contribution in [0.1, 0.15) is 22.0 Å². The van der Waals surface area contributed by atoms with E-state index in [1.165, 1.54) is 41.9 Å². The van der Waals surface area contributed by atoms with Gasteiger partial charge in [-0.25, -0.2) is 13.9 Å². The normalized spacial score (nSPS) is 12.1. The first-order valence-electron chi connectivity index (χ1n) is 8.99. The summed E-state index contributed by atoms with van der Waals surface area (Å²) in [6.45, 7) is 0. The minimum atomic E-state index is -4.08.